The van der Waals surface area contributed by atoms with E-state index < -0.39 is 0 Å². The number of carbonyl (C=O) groups excluding carboxylic acids is 1. The maximum absolute atomic E-state index is 11.0. The van der Waals surface area contributed by atoms with Crippen molar-refractivity contribution < 1.29 is 9.53 Å². The van der Waals surface area contributed by atoms with Gasteiger partial charge in [0.05, 0.1) is 7.11 Å². The number of rotatable bonds is 2. The first-order chi connectivity index (χ1) is 8.25. The summed E-state index contributed by atoms with van der Waals surface area (Å²) in [6.45, 7) is 3.73. The van der Waals surface area contributed by atoms with Crippen LogP contribution in [0.25, 0.3) is 0 Å². The van der Waals surface area contributed by atoms with Crippen LogP contribution in [0.15, 0.2) is 12.2 Å². The third-order valence-corrected chi connectivity index (χ3v) is 3.61. The van der Waals surface area contributed by atoms with Gasteiger partial charge in [0, 0.05) is 5.57 Å². The van der Waals surface area contributed by atoms with Crippen LogP contribution in [0.1, 0.15) is 57.8 Å². The Balaban J connectivity index is 0.000000202. The van der Waals surface area contributed by atoms with E-state index in [0.717, 1.165) is 12.8 Å². The number of hydrogen-bond donors (Lipinski definition) is 0. The van der Waals surface area contributed by atoms with Crippen molar-refractivity contribution in [2.45, 2.75) is 57.8 Å². The molecule has 0 aromatic carbocycles. The molecule has 2 aliphatic rings. The Morgan fingerprint density at radius 1 is 1.12 bits per heavy atom. The first-order valence-corrected chi connectivity index (χ1v) is 6.84. The fourth-order valence-corrected chi connectivity index (χ4v) is 2.47. The van der Waals surface area contributed by atoms with Crippen LogP contribution in [0.2, 0.25) is 0 Å². The van der Waals surface area contributed by atoms with Crippen LogP contribution < -0.4 is 0 Å². The molecule has 2 aliphatic carbocycles. The van der Waals surface area contributed by atoms with Gasteiger partial charge in [-0.15, -0.1) is 0 Å². The summed E-state index contributed by atoms with van der Waals surface area (Å²) in [5.74, 6) is 0.152. The van der Waals surface area contributed by atoms with Crippen molar-refractivity contribution in [3.63, 3.8) is 0 Å². The zero-order valence-electron chi connectivity index (χ0n) is 11.0. The normalized spacial score (nSPS) is 20.3. The Bertz CT molecular complexity index is 224. The molecule has 2 fully saturated rings. The molecule has 0 spiro atoms. The molecule has 0 N–H and O–H groups in total. The first-order valence-electron chi connectivity index (χ1n) is 6.84. The number of ether oxygens (including phenoxy) is 1. The van der Waals surface area contributed by atoms with E-state index >= 15 is 0 Å². The SMILES string of the molecule is C=C(C(=O)OC)C1CCCC1.[CH]1CCCCC1. The van der Waals surface area contributed by atoms with E-state index in [1.54, 1.807) is 0 Å². The Hall–Kier alpha value is -0.790. The summed E-state index contributed by atoms with van der Waals surface area (Å²) in [6, 6.07) is 0. The quantitative estimate of drug-likeness (QED) is 0.535. The summed E-state index contributed by atoms with van der Waals surface area (Å²) < 4.78 is 4.59. The van der Waals surface area contributed by atoms with Crippen LogP contribution in [0.5, 0.6) is 0 Å². The molecule has 0 unspecified atom stereocenters. The van der Waals surface area contributed by atoms with Crippen molar-refractivity contribution in [2.75, 3.05) is 7.11 Å². The summed E-state index contributed by atoms with van der Waals surface area (Å²) in [5.41, 5.74) is 0.657. The molecule has 0 aliphatic heterocycles. The van der Waals surface area contributed by atoms with E-state index in [2.05, 4.69) is 17.7 Å². The highest BCUT2D eigenvalue weighted by atomic mass is 16.5. The largest absolute Gasteiger partial charge is 0.466 e. The second kappa shape index (κ2) is 8.32. The van der Waals surface area contributed by atoms with Gasteiger partial charge in [-0.25, -0.2) is 4.79 Å². The van der Waals surface area contributed by atoms with Gasteiger partial charge in [-0.3, -0.25) is 0 Å². The van der Waals surface area contributed by atoms with Gasteiger partial charge in [0.25, 0.3) is 0 Å². The summed E-state index contributed by atoms with van der Waals surface area (Å²) in [6.07, 6.45) is 14.2. The zero-order chi connectivity index (χ0) is 12.5. The van der Waals surface area contributed by atoms with Crippen LogP contribution in [-0.2, 0) is 9.53 Å². The molecule has 0 bridgehead atoms. The van der Waals surface area contributed by atoms with E-state index in [0.29, 0.717) is 11.5 Å². The van der Waals surface area contributed by atoms with Crippen LogP contribution >= 0.6 is 0 Å². The first kappa shape index (κ1) is 14.3. The fraction of sp³-hybridized carbons (Fsp3) is 0.733. The van der Waals surface area contributed by atoms with Crippen molar-refractivity contribution in [1.29, 1.82) is 0 Å². The average molecular weight is 237 g/mol. The molecular formula is C15H25O2. The highest BCUT2D eigenvalue weighted by Gasteiger charge is 2.22. The minimum Gasteiger partial charge on any atom is -0.466 e. The predicted octanol–water partition coefficient (Wildman–Crippen LogP) is 4.06. The van der Waals surface area contributed by atoms with Crippen molar-refractivity contribution in [1.82, 2.24) is 0 Å². The lowest BCUT2D eigenvalue weighted by Crippen LogP contribution is -2.10. The molecule has 0 amide bonds. The van der Waals surface area contributed by atoms with Gasteiger partial charge in [-0.1, -0.05) is 51.5 Å². The predicted molar refractivity (Wildman–Crippen MR) is 70.5 cm³/mol. The fourth-order valence-electron chi connectivity index (χ4n) is 2.47. The van der Waals surface area contributed by atoms with Crippen molar-refractivity contribution in [3.05, 3.63) is 18.6 Å². The van der Waals surface area contributed by atoms with Gasteiger partial charge in [0.15, 0.2) is 0 Å². The Kier molecular flexibility index (Phi) is 6.99. The van der Waals surface area contributed by atoms with Crippen LogP contribution in [-0.4, -0.2) is 13.1 Å². The molecule has 0 atom stereocenters. The van der Waals surface area contributed by atoms with E-state index in [1.165, 1.54) is 52.1 Å². The minimum absolute atomic E-state index is 0.239. The van der Waals surface area contributed by atoms with Gasteiger partial charge in [0.1, 0.15) is 0 Å². The smallest absolute Gasteiger partial charge is 0.333 e. The molecule has 0 saturated heterocycles. The number of esters is 1. The van der Waals surface area contributed by atoms with E-state index in [-0.39, 0.29) is 5.97 Å². The van der Waals surface area contributed by atoms with Crippen LogP contribution in [0.4, 0.5) is 0 Å². The Morgan fingerprint density at radius 3 is 2.06 bits per heavy atom. The van der Waals surface area contributed by atoms with Gasteiger partial charge >= 0.3 is 5.97 Å². The standard InChI is InChI=1S/C9H14O2.C6H11/c1-7(9(10)11-2)8-5-3-4-6-8;1-2-4-6-5-3-1/h8H,1,3-6H2,2H3;1H,2-6H2. The molecule has 0 aromatic rings. The lowest BCUT2D eigenvalue weighted by atomic mass is 9.99. The van der Waals surface area contributed by atoms with Crippen LogP contribution in [0.3, 0.4) is 0 Å². The molecule has 2 rings (SSSR count). The lowest BCUT2D eigenvalue weighted by Gasteiger charge is -2.09. The third kappa shape index (κ3) is 5.38. The molecule has 1 radical (unpaired) electrons. The average Bonchev–Trinajstić information content (AvgIpc) is 2.93. The molecule has 0 aromatic heterocycles. The topological polar surface area (TPSA) is 26.3 Å². The van der Waals surface area contributed by atoms with Crippen molar-refractivity contribution in [2.24, 2.45) is 5.92 Å². The highest BCUT2D eigenvalue weighted by Crippen LogP contribution is 2.30. The zero-order valence-corrected chi connectivity index (χ0v) is 11.0. The van der Waals surface area contributed by atoms with Crippen molar-refractivity contribution >= 4 is 5.97 Å². The lowest BCUT2D eigenvalue weighted by molar-refractivity contribution is -0.136. The monoisotopic (exact) mass is 237 g/mol. The van der Waals surface area contributed by atoms with E-state index in [1.807, 2.05) is 0 Å². The summed E-state index contributed by atoms with van der Waals surface area (Å²) in [4.78, 5) is 11.0. The van der Waals surface area contributed by atoms with Crippen molar-refractivity contribution in [3.8, 4) is 0 Å². The number of carbonyl (C=O) groups is 1. The van der Waals surface area contributed by atoms with Gasteiger partial charge in [-0.05, 0) is 25.2 Å². The maximum Gasteiger partial charge on any atom is 0.333 e. The maximum atomic E-state index is 11.0. The Labute approximate surface area is 105 Å². The van der Waals surface area contributed by atoms with Gasteiger partial charge in [0.2, 0.25) is 0 Å². The molecular weight excluding hydrogens is 212 g/mol. The molecule has 2 saturated carbocycles. The van der Waals surface area contributed by atoms with Crippen LogP contribution in [0, 0.1) is 12.3 Å². The minimum atomic E-state index is -0.239. The third-order valence-electron chi connectivity index (χ3n) is 3.61. The van der Waals surface area contributed by atoms with Gasteiger partial charge < -0.3 is 4.74 Å². The molecule has 97 valence electrons. The number of hydrogen-bond acceptors (Lipinski definition) is 2. The second-order valence-electron chi connectivity index (χ2n) is 4.92. The molecule has 0 heterocycles. The molecule has 2 heteroatoms. The summed E-state index contributed by atoms with van der Waals surface area (Å²) in [5, 5.41) is 0. The van der Waals surface area contributed by atoms with Gasteiger partial charge in [-0.2, -0.15) is 0 Å². The molecule has 2 nitrogen and oxygen atoms in total. The summed E-state index contributed by atoms with van der Waals surface area (Å²) >= 11 is 0. The van der Waals surface area contributed by atoms with E-state index in [4.69, 9.17) is 0 Å². The highest BCUT2D eigenvalue weighted by molar-refractivity contribution is 5.88. The number of methoxy groups -OCH3 is 1. The van der Waals surface area contributed by atoms with E-state index in [9.17, 15) is 4.79 Å². The second-order valence-corrected chi connectivity index (χ2v) is 4.92. The molecule has 17 heavy (non-hydrogen) atoms. The Morgan fingerprint density at radius 2 is 1.71 bits per heavy atom. The summed E-state index contributed by atoms with van der Waals surface area (Å²) in [7, 11) is 1.41.